The maximum atomic E-state index is 12.2. The number of rotatable bonds is 6. The van der Waals surface area contributed by atoms with Crippen molar-refractivity contribution in [1.29, 1.82) is 0 Å². The first kappa shape index (κ1) is 17.7. The summed E-state index contributed by atoms with van der Waals surface area (Å²) >= 11 is 0. The van der Waals surface area contributed by atoms with Gasteiger partial charge in [0, 0.05) is 11.6 Å². The van der Waals surface area contributed by atoms with E-state index >= 15 is 0 Å². The molecule has 1 unspecified atom stereocenters. The van der Waals surface area contributed by atoms with E-state index < -0.39 is 24.0 Å². The maximum Gasteiger partial charge on any atom is 0.339 e. The minimum absolute atomic E-state index is 0.0307. The Bertz CT molecular complexity index is 689. The molecule has 0 spiro atoms. The number of benzene rings is 1. The molecule has 0 radical (unpaired) electrons. The van der Waals surface area contributed by atoms with Crippen molar-refractivity contribution in [1.82, 2.24) is 0 Å². The zero-order chi connectivity index (χ0) is 17.7. The van der Waals surface area contributed by atoms with E-state index in [1.54, 1.807) is 19.9 Å². The van der Waals surface area contributed by atoms with Gasteiger partial charge in [-0.25, -0.2) is 9.59 Å². The van der Waals surface area contributed by atoms with Crippen LogP contribution in [-0.4, -0.2) is 31.1 Å². The number of hydrogen-bond donors (Lipinski definition) is 0. The standard InChI is InChI=1S/C18H20O6/c1-4-22-15(19)7-6-12-8-11(3)9-13-14(10-16(20)23-5-2)24-18(21)17(12)13/h6-9,14H,4-5,10H2,1-3H3/b7-6+. The number of fused-ring (bicyclic) bond motifs is 1. The number of carbonyl (C=O) groups is 3. The molecule has 1 aromatic carbocycles. The molecule has 6 heteroatoms. The van der Waals surface area contributed by atoms with Crippen LogP contribution in [0.15, 0.2) is 18.2 Å². The fraction of sp³-hybridized carbons (Fsp3) is 0.389. The van der Waals surface area contributed by atoms with Gasteiger partial charge in [-0.1, -0.05) is 17.7 Å². The molecule has 0 saturated carbocycles. The van der Waals surface area contributed by atoms with Crippen LogP contribution in [0.3, 0.4) is 0 Å². The molecule has 0 saturated heterocycles. The van der Waals surface area contributed by atoms with Crippen molar-refractivity contribution in [3.05, 3.63) is 40.5 Å². The molecule has 0 amide bonds. The highest BCUT2D eigenvalue weighted by Crippen LogP contribution is 2.36. The molecule has 2 rings (SSSR count). The Hall–Kier alpha value is -2.63. The minimum Gasteiger partial charge on any atom is -0.466 e. The van der Waals surface area contributed by atoms with Gasteiger partial charge in [-0.3, -0.25) is 4.79 Å². The summed E-state index contributed by atoms with van der Waals surface area (Å²) in [7, 11) is 0. The van der Waals surface area contributed by atoms with Gasteiger partial charge in [-0.2, -0.15) is 0 Å². The van der Waals surface area contributed by atoms with Crippen LogP contribution in [0.25, 0.3) is 6.08 Å². The van der Waals surface area contributed by atoms with Gasteiger partial charge in [0.05, 0.1) is 25.2 Å². The van der Waals surface area contributed by atoms with Crippen molar-refractivity contribution in [2.75, 3.05) is 13.2 Å². The molecule has 128 valence electrons. The number of aryl methyl sites for hydroxylation is 1. The number of cyclic esters (lactones) is 1. The lowest BCUT2D eigenvalue weighted by atomic mass is 9.95. The molecule has 0 N–H and O–H groups in total. The van der Waals surface area contributed by atoms with Gasteiger partial charge >= 0.3 is 17.9 Å². The lowest BCUT2D eigenvalue weighted by Crippen LogP contribution is -2.10. The molecule has 1 heterocycles. The molecule has 1 aliphatic heterocycles. The molecule has 0 aliphatic carbocycles. The Morgan fingerprint density at radius 2 is 1.92 bits per heavy atom. The third-order valence-electron chi connectivity index (χ3n) is 3.49. The molecule has 1 aromatic rings. The summed E-state index contributed by atoms with van der Waals surface area (Å²) < 4.78 is 15.1. The van der Waals surface area contributed by atoms with E-state index in [1.807, 2.05) is 13.0 Å². The first-order valence-electron chi connectivity index (χ1n) is 7.82. The second kappa shape index (κ2) is 7.77. The van der Waals surface area contributed by atoms with Crippen LogP contribution in [0.4, 0.5) is 0 Å². The predicted molar refractivity (Wildman–Crippen MR) is 86.3 cm³/mol. The second-order valence-electron chi connectivity index (χ2n) is 5.31. The molecular weight excluding hydrogens is 312 g/mol. The number of esters is 3. The van der Waals surface area contributed by atoms with Crippen molar-refractivity contribution in [3.63, 3.8) is 0 Å². The van der Waals surface area contributed by atoms with Crippen LogP contribution in [0.5, 0.6) is 0 Å². The van der Waals surface area contributed by atoms with E-state index in [0.29, 0.717) is 16.7 Å². The van der Waals surface area contributed by atoms with Crippen molar-refractivity contribution in [2.24, 2.45) is 0 Å². The van der Waals surface area contributed by atoms with Crippen LogP contribution in [0.2, 0.25) is 0 Å². The third kappa shape index (κ3) is 4.01. The van der Waals surface area contributed by atoms with Gasteiger partial charge in [-0.15, -0.1) is 0 Å². The number of ether oxygens (including phenoxy) is 3. The zero-order valence-electron chi connectivity index (χ0n) is 14.0. The zero-order valence-corrected chi connectivity index (χ0v) is 14.0. The average Bonchev–Trinajstić information content (AvgIpc) is 2.81. The summed E-state index contributed by atoms with van der Waals surface area (Å²) in [5.41, 5.74) is 2.46. The molecule has 1 aliphatic rings. The largest absolute Gasteiger partial charge is 0.466 e. The molecule has 0 fully saturated rings. The predicted octanol–water partition coefficient (Wildman–Crippen LogP) is 2.74. The van der Waals surface area contributed by atoms with Gasteiger partial charge in [0.25, 0.3) is 0 Å². The summed E-state index contributed by atoms with van der Waals surface area (Å²) in [6.07, 6.45) is 2.10. The Kier molecular flexibility index (Phi) is 5.73. The first-order chi connectivity index (χ1) is 11.5. The van der Waals surface area contributed by atoms with E-state index in [1.165, 1.54) is 12.2 Å². The van der Waals surface area contributed by atoms with Crippen molar-refractivity contribution < 1.29 is 28.6 Å². The van der Waals surface area contributed by atoms with Gasteiger partial charge < -0.3 is 14.2 Å². The Morgan fingerprint density at radius 1 is 1.21 bits per heavy atom. The summed E-state index contributed by atoms with van der Waals surface area (Å²) in [4.78, 5) is 35.4. The highest BCUT2D eigenvalue weighted by Gasteiger charge is 2.34. The lowest BCUT2D eigenvalue weighted by molar-refractivity contribution is -0.145. The van der Waals surface area contributed by atoms with Gasteiger partial charge in [0.1, 0.15) is 6.10 Å². The summed E-state index contributed by atoms with van der Waals surface area (Å²) in [5.74, 6) is -1.42. The highest BCUT2D eigenvalue weighted by molar-refractivity contribution is 6.00. The molecular formula is C18H20O6. The first-order valence-corrected chi connectivity index (χ1v) is 7.82. The number of hydrogen-bond acceptors (Lipinski definition) is 6. The van der Waals surface area contributed by atoms with Crippen LogP contribution in [-0.2, 0) is 23.8 Å². The van der Waals surface area contributed by atoms with E-state index in [-0.39, 0.29) is 19.6 Å². The lowest BCUT2D eigenvalue weighted by Gasteiger charge is -2.10. The Morgan fingerprint density at radius 3 is 2.58 bits per heavy atom. The normalized spacial score (nSPS) is 16.0. The fourth-order valence-electron chi connectivity index (χ4n) is 2.59. The van der Waals surface area contributed by atoms with Gasteiger partial charge in [0.2, 0.25) is 0 Å². The summed E-state index contributed by atoms with van der Waals surface area (Å²) in [6.45, 7) is 5.85. The summed E-state index contributed by atoms with van der Waals surface area (Å²) in [5, 5.41) is 0. The number of carbonyl (C=O) groups excluding carboxylic acids is 3. The van der Waals surface area contributed by atoms with Crippen molar-refractivity contribution in [2.45, 2.75) is 33.3 Å². The smallest absolute Gasteiger partial charge is 0.339 e. The maximum absolute atomic E-state index is 12.2. The quantitative estimate of drug-likeness (QED) is 0.453. The van der Waals surface area contributed by atoms with Crippen molar-refractivity contribution >= 4 is 24.0 Å². The van der Waals surface area contributed by atoms with Gasteiger partial charge in [0.15, 0.2) is 0 Å². The van der Waals surface area contributed by atoms with Crippen molar-refractivity contribution in [3.8, 4) is 0 Å². The van der Waals surface area contributed by atoms with E-state index in [2.05, 4.69) is 0 Å². The monoisotopic (exact) mass is 332 g/mol. The van der Waals surface area contributed by atoms with Crippen LogP contribution in [0.1, 0.15) is 53.4 Å². The minimum atomic E-state index is -0.666. The second-order valence-corrected chi connectivity index (χ2v) is 5.31. The topological polar surface area (TPSA) is 78.9 Å². The van der Waals surface area contributed by atoms with Crippen LogP contribution >= 0.6 is 0 Å². The molecule has 0 aromatic heterocycles. The molecule has 24 heavy (non-hydrogen) atoms. The average molecular weight is 332 g/mol. The highest BCUT2D eigenvalue weighted by atomic mass is 16.6. The SMILES string of the molecule is CCOC(=O)/C=C/c1cc(C)cc2c1C(=O)OC2CC(=O)OCC. The van der Waals surface area contributed by atoms with E-state index in [4.69, 9.17) is 14.2 Å². The van der Waals surface area contributed by atoms with Crippen LogP contribution < -0.4 is 0 Å². The van der Waals surface area contributed by atoms with Crippen LogP contribution in [0, 0.1) is 6.92 Å². The molecule has 6 nitrogen and oxygen atoms in total. The molecule has 0 bridgehead atoms. The Balaban J connectivity index is 2.32. The fourth-order valence-corrected chi connectivity index (χ4v) is 2.59. The third-order valence-corrected chi connectivity index (χ3v) is 3.49. The van der Waals surface area contributed by atoms with E-state index in [9.17, 15) is 14.4 Å². The van der Waals surface area contributed by atoms with Gasteiger partial charge in [-0.05, 0) is 32.4 Å². The van der Waals surface area contributed by atoms with E-state index in [0.717, 1.165) is 5.56 Å². The molecule has 1 atom stereocenters. The Labute approximate surface area is 140 Å². The summed E-state index contributed by atoms with van der Waals surface area (Å²) in [6, 6.07) is 3.59.